The molecule has 2 rings (SSSR count). The maximum absolute atomic E-state index is 10.1. The van der Waals surface area contributed by atoms with Crippen LogP contribution in [0.5, 0.6) is 11.5 Å². The highest BCUT2D eigenvalue weighted by Crippen LogP contribution is 2.47. The van der Waals surface area contributed by atoms with Crippen LogP contribution in [0.2, 0.25) is 0 Å². The quantitative estimate of drug-likeness (QED) is 0.550. The number of halogens is 3. The van der Waals surface area contributed by atoms with E-state index in [-0.39, 0.29) is 23.3 Å². The third-order valence-corrected chi connectivity index (χ3v) is 5.00. The fraction of sp³-hybridized carbons (Fsp3) is 0.400. The van der Waals surface area contributed by atoms with Crippen LogP contribution in [0.25, 0.3) is 0 Å². The zero-order valence-corrected chi connectivity index (χ0v) is 17.0. The molecular formula is C20H23Cl3O2. The molecule has 0 unspecified atom stereocenters. The summed E-state index contributed by atoms with van der Waals surface area (Å²) in [6.45, 7) is 8.00. The Bertz CT molecular complexity index is 692. The first-order valence-electron chi connectivity index (χ1n) is 8.24. The van der Waals surface area contributed by atoms with E-state index in [2.05, 4.69) is 0 Å². The molecule has 136 valence electrons. The molecule has 0 aliphatic carbocycles. The van der Waals surface area contributed by atoms with Crippen LogP contribution in [0.4, 0.5) is 0 Å². The van der Waals surface area contributed by atoms with Crippen molar-refractivity contribution >= 4 is 34.8 Å². The van der Waals surface area contributed by atoms with Gasteiger partial charge in [-0.25, -0.2) is 0 Å². The summed E-state index contributed by atoms with van der Waals surface area (Å²) in [6, 6.07) is 10.6. The maximum Gasteiger partial charge on any atom is 0.201 e. The molecule has 2 aromatic rings. The van der Waals surface area contributed by atoms with Crippen molar-refractivity contribution in [3.8, 4) is 11.5 Å². The van der Waals surface area contributed by atoms with E-state index in [0.29, 0.717) is 0 Å². The van der Waals surface area contributed by atoms with Crippen molar-refractivity contribution in [1.29, 1.82) is 0 Å². The molecule has 0 bridgehead atoms. The Hall–Kier alpha value is -1.09. The number of phenols is 2. The fourth-order valence-corrected chi connectivity index (χ4v) is 3.76. The van der Waals surface area contributed by atoms with Gasteiger partial charge in [-0.3, -0.25) is 0 Å². The van der Waals surface area contributed by atoms with Crippen LogP contribution >= 0.6 is 34.8 Å². The fourth-order valence-electron chi connectivity index (χ4n) is 3.00. The van der Waals surface area contributed by atoms with Gasteiger partial charge in [0.25, 0.3) is 0 Å². The third kappa shape index (κ3) is 4.55. The molecule has 2 N–H and O–H groups in total. The normalized spacial score (nSPS) is 12.4. The second-order valence-corrected chi connectivity index (χ2v) is 9.29. The van der Waals surface area contributed by atoms with Gasteiger partial charge in [0.05, 0.1) is 5.92 Å². The Labute approximate surface area is 164 Å². The Kier molecular flexibility index (Phi) is 6.19. The minimum absolute atomic E-state index is 0.141. The lowest BCUT2D eigenvalue weighted by molar-refractivity contribution is 0.464. The van der Waals surface area contributed by atoms with Crippen molar-refractivity contribution < 1.29 is 10.2 Å². The van der Waals surface area contributed by atoms with E-state index in [4.69, 9.17) is 34.8 Å². The smallest absolute Gasteiger partial charge is 0.201 e. The molecule has 0 fully saturated rings. The number of hydrogen-bond acceptors (Lipinski definition) is 2. The van der Waals surface area contributed by atoms with Crippen molar-refractivity contribution in [3.05, 3.63) is 58.7 Å². The van der Waals surface area contributed by atoms with Crippen LogP contribution in [0.15, 0.2) is 36.4 Å². The number of phenolic OH excluding ortho intramolecular Hbond substituents is 2. The predicted molar refractivity (Wildman–Crippen MR) is 107 cm³/mol. The highest BCUT2D eigenvalue weighted by molar-refractivity contribution is 6.68. The lowest BCUT2D eigenvalue weighted by atomic mass is 9.87. The first-order valence-corrected chi connectivity index (χ1v) is 9.38. The van der Waals surface area contributed by atoms with Crippen LogP contribution in [-0.4, -0.2) is 14.0 Å². The Morgan fingerprint density at radius 1 is 0.720 bits per heavy atom. The van der Waals surface area contributed by atoms with Gasteiger partial charge in [0, 0.05) is 0 Å². The second-order valence-electron chi connectivity index (χ2n) is 6.92. The van der Waals surface area contributed by atoms with E-state index in [0.717, 1.165) is 22.3 Å². The maximum atomic E-state index is 10.1. The van der Waals surface area contributed by atoms with Gasteiger partial charge in [0.15, 0.2) is 0 Å². The van der Waals surface area contributed by atoms with Crippen molar-refractivity contribution in [2.24, 2.45) is 0 Å². The highest BCUT2D eigenvalue weighted by Gasteiger charge is 2.36. The molecule has 0 aromatic heterocycles. The van der Waals surface area contributed by atoms with E-state index < -0.39 is 9.71 Å². The van der Waals surface area contributed by atoms with Crippen molar-refractivity contribution in [2.75, 3.05) is 0 Å². The van der Waals surface area contributed by atoms with Gasteiger partial charge in [0.1, 0.15) is 11.5 Å². The summed E-state index contributed by atoms with van der Waals surface area (Å²) in [4.78, 5) is 0. The molecule has 2 nitrogen and oxygen atoms in total. The van der Waals surface area contributed by atoms with Crippen LogP contribution < -0.4 is 0 Å². The Morgan fingerprint density at radius 3 is 1.36 bits per heavy atom. The summed E-state index contributed by atoms with van der Waals surface area (Å²) < 4.78 is -1.57. The lowest BCUT2D eigenvalue weighted by Gasteiger charge is -2.27. The molecule has 2 aromatic carbocycles. The molecule has 0 aliphatic rings. The minimum atomic E-state index is -1.57. The van der Waals surface area contributed by atoms with Crippen LogP contribution in [-0.2, 0) is 0 Å². The lowest BCUT2D eigenvalue weighted by Crippen LogP contribution is -2.19. The molecular weight excluding hydrogens is 379 g/mol. The van der Waals surface area contributed by atoms with Crippen molar-refractivity contribution in [2.45, 2.75) is 49.2 Å². The zero-order valence-electron chi connectivity index (χ0n) is 14.7. The van der Waals surface area contributed by atoms with Crippen LogP contribution in [0.1, 0.15) is 67.7 Å². The summed E-state index contributed by atoms with van der Waals surface area (Å²) in [5.41, 5.74) is 3.23. The Morgan fingerprint density at radius 2 is 1.08 bits per heavy atom. The minimum Gasteiger partial charge on any atom is -0.508 e. The molecule has 0 aliphatic heterocycles. The molecule has 5 heteroatoms. The van der Waals surface area contributed by atoms with Crippen LogP contribution in [0.3, 0.4) is 0 Å². The number of rotatable bonds is 4. The molecule has 0 amide bonds. The molecule has 0 saturated heterocycles. The summed E-state index contributed by atoms with van der Waals surface area (Å²) in [5.74, 6) is 0.225. The van der Waals surface area contributed by atoms with Crippen LogP contribution in [0, 0.1) is 0 Å². The molecule has 0 radical (unpaired) electrons. The van der Waals surface area contributed by atoms with Gasteiger partial charge in [-0.05, 0) is 46.2 Å². The first kappa shape index (κ1) is 20.2. The van der Waals surface area contributed by atoms with Gasteiger partial charge in [-0.15, -0.1) is 0 Å². The van der Waals surface area contributed by atoms with Gasteiger partial charge in [0.2, 0.25) is 3.79 Å². The monoisotopic (exact) mass is 400 g/mol. The predicted octanol–water partition coefficient (Wildman–Crippen LogP) is 6.85. The first-order chi connectivity index (χ1) is 11.5. The summed E-state index contributed by atoms with van der Waals surface area (Å²) in [5, 5.41) is 20.2. The van der Waals surface area contributed by atoms with Gasteiger partial charge in [-0.2, -0.15) is 0 Å². The molecule has 0 spiro atoms. The average Bonchev–Trinajstić information content (AvgIpc) is 2.49. The SMILES string of the molecule is CC(C)c1cc(C(c2ccc(O)c(C(C)C)c2)C(Cl)(Cl)Cl)ccc1O. The van der Waals surface area contributed by atoms with Gasteiger partial charge < -0.3 is 10.2 Å². The van der Waals surface area contributed by atoms with Crippen molar-refractivity contribution in [1.82, 2.24) is 0 Å². The van der Waals surface area contributed by atoms with E-state index in [1.54, 1.807) is 24.3 Å². The van der Waals surface area contributed by atoms with E-state index in [1.807, 2.05) is 39.8 Å². The highest BCUT2D eigenvalue weighted by atomic mass is 35.6. The summed E-state index contributed by atoms with van der Waals surface area (Å²) in [7, 11) is 0. The molecule has 0 atom stereocenters. The van der Waals surface area contributed by atoms with Crippen molar-refractivity contribution in [3.63, 3.8) is 0 Å². The average molecular weight is 402 g/mol. The summed E-state index contributed by atoms with van der Waals surface area (Å²) in [6.07, 6.45) is 0. The number of benzene rings is 2. The molecule has 0 saturated carbocycles. The largest absolute Gasteiger partial charge is 0.508 e. The number of alkyl halides is 3. The second kappa shape index (κ2) is 7.65. The standard InChI is InChI=1S/C20H23Cl3O2/c1-11(2)15-9-13(5-7-17(15)24)19(20(21,22)23)14-6-8-18(25)16(10-14)12(3)4/h5-12,19,24-25H,1-4H3. The third-order valence-electron chi connectivity index (χ3n) is 4.34. The molecule has 25 heavy (non-hydrogen) atoms. The summed E-state index contributed by atoms with van der Waals surface area (Å²) >= 11 is 19.0. The van der Waals surface area contributed by atoms with Gasteiger partial charge >= 0.3 is 0 Å². The number of aromatic hydroxyl groups is 2. The van der Waals surface area contributed by atoms with E-state index in [9.17, 15) is 10.2 Å². The Balaban J connectivity index is 2.63. The van der Waals surface area contributed by atoms with E-state index >= 15 is 0 Å². The molecule has 0 heterocycles. The number of hydrogen-bond donors (Lipinski definition) is 2. The zero-order chi connectivity index (χ0) is 18.9. The van der Waals surface area contributed by atoms with Gasteiger partial charge in [-0.1, -0.05) is 86.8 Å². The van der Waals surface area contributed by atoms with E-state index in [1.165, 1.54) is 0 Å². The topological polar surface area (TPSA) is 40.5 Å².